The molecule has 0 fully saturated rings. The number of carbonyl (C=O) groups excluding carboxylic acids is 4. The summed E-state index contributed by atoms with van der Waals surface area (Å²) in [5.74, 6) is -2.46. The molecule has 0 saturated carbocycles. The first kappa shape index (κ1) is 26.2. The molecule has 0 heterocycles. The van der Waals surface area contributed by atoms with Crippen LogP contribution in [0.3, 0.4) is 0 Å². The van der Waals surface area contributed by atoms with Gasteiger partial charge in [-0.15, -0.1) is 0 Å². The molecular formula is C20H29N5O7. The standard InChI is InChI=1S/C20H29N5O7/c1-13(26)22-9-10-23-20(31)19(25-17(28)8-7-16(21)27)24-14-4-2-5-15(12-14)32-11-3-6-18(29)30/h2,4-5,12,19,24H,3,6-11H2,1H3,(H2,21,27)(H,22,26)(H,23,31)(H,25,28)(H,29,30). The molecule has 12 nitrogen and oxygen atoms in total. The molecule has 0 radical (unpaired) electrons. The Balaban J connectivity index is 2.76. The van der Waals surface area contributed by atoms with Crippen molar-refractivity contribution in [3.05, 3.63) is 24.3 Å². The first-order valence-corrected chi connectivity index (χ1v) is 9.98. The Labute approximate surface area is 185 Å². The number of anilines is 1. The van der Waals surface area contributed by atoms with Gasteiger partial charge in [0.25, 0.3) is 5.91 Å². The van der Waals surface area contributed by atoms with E-state index in [0.29, 0.717) is 17.9 Å². The Morgan fingerprint density at radius 2 is 1.78 bits per heavy atom. The zero-order valence-corrected chi connectivity index (χ0v) is 17.8. The van der Waals surface area contributed by atoms with E-state index in [4.69, 9.17) is 15.6 Å². The van der Waals surface area contributed by atoms with Crippen molar-refractivity contribution in [3.63, 3.8) is 0 Å². The number of ether oxygens (including phenoxy) is 1. The number of primary amides is 1. The first-order valence-electron chi connectivity index (χ1n) is 9.98. The monoisotopic (exact) mass is 451 g/mol. The average Bonchev–Trinajstić information content (AvgIpc) is 2.72. The lowest BCUT2D eigenvalue weighted by Gasteiger charge is -2.21. The summed E-state index contributed by atoms with van der Waals surface area (Å²) in [6.45, 7) is 1.90. The maximum Gasteiger partial charge on any atom is 0.303 e. The summed E-state index contributed by atoms with van der Waals surface area (Å²) in [5, 5.41) is 19.2. The Morgan fingerprint density at radius 1 is 1.06 bits per heavy atom. The summed E-state index contributed by atoms with van der Waals surface area (Å²) in [6, 6.07) is 6.57. The van der Waals surface area contributed by atoms with Crippen molar-refractivity contribution in [3.8, 4) is 5.75 Å². The molecule has 176 valence electrons. The van der Waals surface area contributed by atoms with Crippen LogP contribution in [0.2, 0.25) is 0 Å². The fraction of sp³-hybridized carbons (Fsp3) is 0.450. The zero-order chi connectivity index (χ0) is 23.9. The zero-order valence-electron chi connectivity index (χ0n) is 17.8. The smallest absolute Gasteiger partial charge is 0.303 e. The molecule has 32 heavy (non-hydrogen) atoms. The number of hydrogen-bond acceptors (Lipinski definition) is 7. The van der Waals surface area contributed by atoms with Gasteiger partial charge in [-0.25, -0.2) is 0 Å². The molecule has 0 bridgehead atoms. The number of benzene rings is 1. The summed E-state index contributed by atoms with van der Waals surface area (Å²) in [7, 11) is 0. The minimum atomic E-state index is -1.17. The van der Waals surface area contributed by atoms with Gasteiger partial charge in [0.15, 0.2) is 6.17 Å². The second-order valence-corrected chi connectivity index (χ2v) is 6.76. The number of nitrogens with two attached hydrogens (primary N) is 1. The van der Waals surface area contributed by atoms with Crippen LogP contribution in [-0.2, 0) is 24.0 Å². The van der Waals surface area contributed by atoms with Crippen LogP contribution in [-0.4, -0.2) is 60.6 Å². The minimum Gasteiger partial charge on any atom is -0.494 e. The van der Waals surface area contributed by atoms with E-state index in [9.17, 15) is 24.0 Å². The number of carboxylic acid groups (broad SMARTS) is 1. The third kappa shape index (κ3) is 12.0. The summed E-state index contributed by atoms with van der Waals surface area (Å²) < 4.78 is 5.50. The highest BCUT2D eigenvalue weighted by Gasteiger charge is 2.21. The van der Waals surface area contributed by atoms with Crippen molar-refractivity contribution in [2.24, 2.45) is 5.73 Å². The van der Waals surface area contributed by atoms with Gasteiger partial charge >= 0.3 is 5.97 Å². The molecule has 4 amide bonds. The Morgan fingerprint density at radius 3 is 2.44 bits per heavy atom. The first-order chi connectivity index (χ1) is 15.2. The Hall–Kier alpha value is -3.83. The van der Waals surface area contributed by atoms with Crippen LogP contribution in [0.5, 0.6) is 5.75 Å². The van der Waals surface area contributed by atoms with Gasteiger partial charge in [0, 0.05) is 51.0 Å². The van der Waals surface area contributed by atoms with E-state index in [2.05, 4.69) is 21.3 Å². The molecule has 1 aromatic rings. The van der Waals surface area contributed by atoms with E-state index in [-0.39, 0.29) is 44.9 Å². The number of carboxylic acids is 1. The molecule has 7 N–H and O–H groups in total. The fourth-order valence-electron chi connectivity index (χ4n) is 2.42. The van der Waals surface area contributed by atoms with Gasteiger partial charge in [-0.05, 0) is 18.6 Å². The van der Waals surface area contributed by atoms with Crippen molar-refractivity contribution in [1.29, 1.82) is 0 Å². The van der Waals surface area contributed by atoms with Crippen LogP contribution in [0, 0.1) is 0 Å². The van der Waals surface area contributed by atoms with Gasteiger partial charge in [0.2, 0.25) is 17.7 Å². The van der Waals surface area contributed by atoms with Crippen LogP contribution in [0.1, 0.15) is 32.6 Å². The van der Waals surface area contributed by atoms with E-state index in [1.54, 1.807) is 24.3 Å². The van der Waals surface area contributed by atoms with Gasteiger partial charge in [-0.2, -0.15) is 0 Å². The molecule has 1 rings (SSSR count). The Kier molecular flexibility index (Phi) is 11.6. The molecule has 1 aromatic carbocycles. The highest BCUT2D eigenvalue weighted by molar-refractivity contribution is 5.90. The molecule has 0 spiro atoms. The molecule has 1 atom stereocenters. The van der Waals surface area contributed by atoms with Gasteiger partial charge < -0.3 is 36.8 Å². The van der Waals surface area contributed by atoms with Crippen LogP contribution < -0.4 is 31.7 Å². The summed E-state index contributed by atoms with van der Waals surface area (Å²) in [6.07, 6.45) is -1.20. The maximum atomic E-state index is 12.5. The van der Waals surface area contributed by atoms with Crippen molar-refractivity contribution in [1.82, 2.24) is 16.0 Å². The molecule has 0 saturated heterocycles. The van der Waals surface area contributed by atoms with Crippen LogP contribution in [0.25, 0.3) is 0 Å². The van der Waals surface area contributed by atoms with E-state index in [1.165, 1.54) is 6.92 Å². The third-order valence-electron chi connectivity index (χ3n) is 3.91. The summed E-state index contributed by atoms with van der Waals surface area (Å²) in [5.41, 5.74) is 5.51. The largest absolute Gasteiger partial charge is 0.494 e. The highest BCUT2D eigenvalue weighted by Crippen LogP contribution is 2.18. The number of nitrogens with one attached hydrogen (secondary N) is 4. The normalized spacial score (nSPS) is 11.0. The van der Waals surface area contributed by atoms with Crippen molar-refractivity contribution in [2.75, 3.05) is 25.0 Å². The maximum absolute atomic E-state index is 12.5. The van der Waals surface area contributed by atoms with E-state index in [1.807, 2.05) is 0 Å². The second-order valence-electron chi connectivity index (χ2n) is 6.76. The number of aliphatic carboxylic acids is 1. The second kappa shape index (κ2) is 14.2. The predicted octanol–water partition coefficient (Wildman–Crippen LogP) is -0.698. The van der Waals surface area contributed by atoms with Crippen molar-refractivity contribution >= 4 is 35.3 Å². The molecule has 0 aliphatic carbocycles. The van der Waals surface area contributed by atoms with Crippen LogP contribution in [0.15, 0.2) is 24.3 Å². The van der Waals surface area contributed by atoms with Crippen molar-refractivity contribution < 1.29 is 33.8 Å². The lowest BCUT2D eigenvalue weighted by atomic mass is 10.2. The molecule has 1 unspecified atom stereocenters. The van der Waals surface area contributed by atoms with Crippen LogP contribution >= 0.6 is 0 Å². The molecule has 0 aliphatic heterocycles. The molecule has 0 aliphatic rings. The minimum absolute atomic E-state index is 0.0179. The SMILES string of the molecule is CC(=O)NCCNC(=O)C(NC(=O)CCC(N)=O)Nc1cccc(OCCCC(=O)O)c1. The third-order valence-corrected chi connectivity index (χ3v) is 3.91. The topological polar surface area (TPSA) is 189 Å². The van der Waals surface area contributed by atoms with Gasteiger partial charge in [0.05, 0.1) is 6.61 Å². The average molecular weight is 451 g/mol. The molecule has 12 heteroatoms. The van der Waals surface area contributed by atoms with Gasteiger partial charge in [0.1, 0.15) is 5.75 Å². The van der Waals surface area contributed by atoms with E-state index >= 15 is 0 Å². The predicted molar refractivity (Wildman–Crippen MR) is 114 cm³/mol. The fourth-order valence-corrected chi connectivity index (χ4v) is 2.42. The van der Waals surface area contributed by atoms with Crippen molar-refractivity contribution in [2.45, 2.75) is 38.8 Å². The number of amides is 4. The van der Waals surface area contributed by atoms with Crippen LogP contribution in [0.4, 0.5) is 5.69 Å². The quantitative estimate of drug-likeness (QED) is 0.149. The number of rotatable bonds is 15. The van der Waals surface area contributed by atoms with Gasteiger partial charge in [-0.3, -0.25) is 24.0 Å². The lowest BCUT2D eigenvalue weighted by molar-refractivity contribution is -0.137. The van der Waals surface area contributed by atoms with Gasteiger partial charge in [-0.1, -0.05) is 6.07 Å². The molecular weight excluding hydrogens is 422 g/mol. The molecule has 0 aromatic heterocycles. The number of hydrogen-bond donors (Lipinski definition) is 6. The number of carbonyl (C=O) groups is 5. The summed E-state index contributed by atoms with van der Waals surface area (Å²) in [4.78, 5) is 57.0. The van der Waals surface area contributed by atoms with E-state index in [0.717, 1.165) is 0 Å². The lowest BCUT2D eigenvalue weighted by Crippen LogP contribution is -2.52. The summed E-state index contributed by atoms with van der Waals surface area (Å²) >= 11 is 0. The van der Waals surface area contributed by atoms with E-state index < -0.39 is 29.9 Å². The Bertz CT molecular complexity index is 815. The highest BCUT2D eigenvalue weighted by atomic mass is 16.5.